The summed E-state index contributed by atoms with van der Waals surface area (Å²) in [5.74, 6) is 0. The van der Waals surface area contributed by atoms with Crippen LogP contribution in [0.5, 0.6) is 0 Å². The van der Waals surface area contributed by atoms with Crippen LogP contribution < -0.4 is 5.73 Å². The first-order valence-electron chi connectivity index (χ1n) is 6.98. The van der Waals surface area contributed by atoms with E-state index in [-0.39, 0.29) is 36.6 Å². The Morgan fingerprint density at radius 3 is 2.42 bits per heavy atom. The van der Waals surface area contributed by atoms with Gasteiger partial charge in [0.2, 0.25) is 10.0 Å². The number of benzene rings is 1. The number of piperidine rings is 1. The lowest BCUT2D eigenvalue weighted by Crippen LogP contribution is -2.53. The SMILES string of the molecule is CC1(C)CN(S(=O)(=O)c2cc(C(F)(F)F)ccc2Cl)CCC1N.Cl. The summed E-state index contributed by atoms with van der Waals surface area (Å²) in [5, 5.41) is -0.231. The number of hydrogen-bond donors (Lipinski definition) is 1. The minimum atomic E-state index is -4.64. The molecule has 2 rings (SSSR count). The first kappa shape index (κ1) is 21.5. The third-order valence-corrected chi connectivity index (χ3v) is 6.48. The maximum absolute atomic E-state index is 12.8. The Morgan fingerprint density at radius 1 is 1.33 bits per heavy atom. The Kier molecular flexibility index (Phi) is 6.27. The standard InChI is InChI=1S/C14H18ClF3N2O2S.ClH/c1-13(2)8-20(6-5-12(13)19)23(21,22)11-7-9(14(16,17)18)3-4-10(11)15;/h3-4,7,12H,5-6,8,19H2,1-2H3;1H. The summed E-state index contributed by atoms with van der Waals surface area (Å²) in [6.07, 6.45) is -4.21. The summed E-state index contributed by atoms with van der Waals surface area (Å²) >= 11 is 5.85. The molecule has 1 unspecified atom stereocenters. The van der Waals surface area contributed by atoms with E-state index in [2.05, 4.69) is 0 Å². The molecule has 138 valence electrons. The van der Waals surface area contributed by atoms with Crippen LogP contribution in [0.2, 0.25) is 5.02 Å². The molecule has 1 saturated heterocycles. The first-order valence-corrected chi connectivity index (χ1v) is 8.80. The molecule has 1 aliphatic heterocycles. The van der Waals surface area contributed by atoms with Crippen molar-refractivity contribution < 1.29 is 21.6 Å². The highest BCUT2D eigenvalue weighted by Crippen LogP contribution is 2.36. The molecule has 0 spiro atoms. The zero-order valence-electron chi connectivity index (χ0n) is 13.1. The van der Waals surface area contributed by atoms with Gasteiger partial charge in [0, 0.05) is 19.1 Å². The van der Waals surface area contributed by atoms with Gasteiger partial charge >= 0.3 is 6.18 Å². The van der Waals surface area contributed by atoms with Gasteiger partial charge in [0.05, 0.1) is 10.6 Å². The summed E-state index contributed by atoms with van der Waals surface area (Å²) in [5.41, 5.74) is 4.45. The van der Waals surface area contributed by atoms with Crippen LogP contribution in [0.4, 0.5) is 13.2 Å². The molecule has 10 heteroatoms. The molecule has 1 heterocycles. The predicted octanol–water partition coefficient (Wildman–Crippen LogP) is 3.53. The van der Waals surface area contributed by atoms with Crippen LogP contribution in [0.1, 0.15) is 25.8 Å². The highest BCUT2D eigenvalue weighted by molar-refractivity contribution is 7.89. The molecule has 1 aliphatic rings. The number of hydrogen-bond acceptors (Lipinski definition) is 3. The lowest BCUT2D eigenvalue weighted by molar-refractivity contribution is -0.137. The number of sulfonamides is 1. The molecule has 1 fully saturated rings. The van der Waals surface area contributed by atoms with E-state index >= 15 is 0 Å². The third-order valence-electron chi connectivity index (χ3n) is 4.15. The summed E-state index contributed by atoms with van der Waals surface area (Å²) in [6.45, 7) is 3.93. The fourth-order valence-corrected chi connectivity index (χ4v) is 4.67. The second kappa shape index (κ2) is 6.99. The quantitative estimate of drug-likeness (QED) is 0.816. The van der Waals surface area contributed by atoms with Crippen LogP contribution >= 0.6 is 24.0 Å². The Morgan fingerprint density at radius 2 is 1.92 bits per heavy atom. The van der Waals surface area contributed by atoms with Crippen molar-refractivity contribution in [3.05, 3.63) is 28.8 Å². The van der Waals surface area contributed by atoms with Crippen molar-refractivity contribution in [3.63, 3.8) is 0 Å². The molecule has 2 N–H and O–H groups in total. The summed E-state index contributed by atoms with van der Waals surface area (Å²) in [4.78, 5) is -0.528. The molecule has 4 nitrogen and oxygen atoms in total. The van der Waals surface area contributed by atoms with E-state index in [0.717, 1.165) is 16.4 Å². The highest BCUT2D eigenvalue weighted by Gasteiger charge is 2.40. The zero-order chi connectivity index (χ0) is 17.6. The molecule has 0 aliphatic carbocycles. The van der Waals surface area contributed by atoms with Crippen molar-refractivity contribution in [3.8, 4) is 0 Å². The Balaban J connectivity index is 0.00000288. The molecular weight excluding hydrogens is 388 g/mol. The van der Waals surface area contributed by atoms with E-state index in [1.54, 1.807) is 0 Å². The van der Waals surface area contributed by atoms with E-state index in [9.17, 15) is 21.6 Å². The van der Waals surface area contributed by atoms with E-state index < -0.39 is 32.1 Å². The number of rotatable bonds is 2. The molecule has 0 amide bonds. The largest absolute Gasteiger partial charge is 0.416 e. The number of alkyl halides is 3. The van der Waals surface area contributed by atoms with Crippen LogP contribution in [-0.4, -0.2) is 31.9 Å². The Bertz CT molecular complexity index is 708. The molecule has 1 aromatic rings. The fourth-order valence-electron chi connectivity index (χ4n) is 2.55. The molecule has 1 atom stereocenters. The highest BCUT2D eigenvalue weighted by atomic mass is 35.5. The minimum Gasteiger partial charge on any atom is -0.327 e. The maximum atomic E-state index is 12.8. The van der Waals surface area contributed by atoms with Crippen LogP contribution in [-0.2, 0) is 16.2 Å². The average molecular weight is 407 g/mol. The van der Waals surface area contributed by atoms with Crippen molar-refractivity contribution in [1.82, 2.24) is 4.31 Å². The minimum absolute atomic E-state index is 0. The van der Waals surface area contributed by atoms with E-state index in [1.165, 1.54) is 0 Å². The van der Waals surface area contributed by atoms with Crippen LogP contribution in [0.15, 0.2) is 23.1 Å². The molecule has 0 aromatic heterocycles. The molecule has 24 heavy (non-hydrogen) atoms. The van der Waals surface area contributed by atoms with Gasteiger partial charge in [0.25, 0.3) is 0 Å². The van der Waals surface area contributed by atoms with Gasteiger partial charge in [0.15, 0.2) is 0 Å². The molecule has 0 saturated carbocycles. The van der Waals surface area contributed by atoms with Gasteiger partial charge in [-0.15, -0.1) is 12.4 Å². The summed E-state index contributed by atoms with van der Waals surface area (Å²) in [7, 11) is -4.12. The summed E-state index contributed by atoms with van der Waals surface area (Å²) < 4.78 is 65.1. The normalized spacial score (nSPS) is 22.0. The zero-order valence-corrected chi connectivity index (χ0v) is 15.5. The third kappa shape index (κ3) is 4.16. The smallest absolute Gasteiger partial charge is 0.327 e. The molecular formula is C14H19Cl2F3N2O2S. The lowest BCUT2D eigenvalue weighted by Gasteiger charge is -2.41. The second-order valence-corrected chi connectivity index (χ2v) is 8.68. The van der Waals surface area contributed by atoms with E-state index in [1.807, 2.05) is 13.8 Å². The van der Waals surface area contributed by atoms with Gasteiger partial charge in [-0.05, 0) is 30.0 Å². The van der Waals surface area contributed by atoms with E-state index in [0.29, 0.717) is 12.5 Å². The lowest BCUT2D eigenvalue weighted by atomic mass is 9.81. The van der Waals surface area contributed by atoms with Gasteiger partial charge in [-0.25, -0.2) is 8.42 Å². The topological polar surface area (TPSA) is 63.4 Å². The summed E-state index contributed by atoms with van der Waals surface area (Å²) in [6, 6.07) is 2.13. The van der Waals surface area contributed by atoms with Gasteiger partial charge < -0.3 is 5.73 Å². The van der Waals surface area contributed by atoms with Crippen molar-refractivity contribution in [1.29, 1.82) is 0 Å². The van der Waals surface area contributed by atoms with E-state index in [4.69, 9.17) is 17.3 Å². The fraction of sp³-hybridized carbons (Fsp3) is 0.571. The van der Waals surface area contributed by atoms with Crippen molar-refractivity contribution >= 4 is 34.0 Å². The Hall–Kier alpha value is -0.540. The van der Waals surface area contributed by atoms with Crippen LogP contribution in [0.25, 0.3) is 0 Å². The van der Waals surface area contributed by atoms with Crippen molar-refractivity contribution in [2.75, 3.05) is 13.1 Å². The van der Waals surface area contributed by atoms with Gasteiger partial charge in [-0.3, -0.25) is 0 Å². The Labute approximate surface area is 150 Å². The second-order valence-electron chi connectivity index (χ2n) is 6.37. The maximum Gasteiger partial charge on any atom is 0.416 e. The predicted molar refractivity (Wildman–Crippen MR) is 88.8 cm³/mol. The number of nitrogens with two attached hydrogens (primary N) is 1. The van der Waals surface area contributed by atoms with Gasteiger partial charge in [0.1, 0.15) is 4.90 Å². The van der Waals surface area contributed by atoms with Crippen molar-refractivity contribution in [2.24, 2.45) is 11.1 Å². The monoisotopic (exact) mass is 406 g/mol. The van der Waals surface area contributed by atoms with Crippen LogP contribution in [0.3, 0.4) is 0 Å². The molecule has 1 aromatic carbocycles. The van der Waals surface area contributed by atoms with Crippen LogP contribution in [0, 0.1) is 5.41 Å². The first-order chi connectivity index (χ1) is 10.4. The van der Waals surface area contributed by atoms with Gasteiger partial charge in [-0.2, -0.15) is 17.5 Å². The molecule has 0 radical (unpaired) electrons. The average Bonchev–Trinajstić information content (AvgIpc) is 2.40. The number of halogens is 5. The van der Waals surface area contributed by atoms with Gasteiger partial charge in [-0.1, -0.05) is 25.4 Å². The molecule has 0 bridgehead atoms. The van der Waals surface area contributed by atoms with Crippen molar-refractivity contribution in [2.45, 2.75) is 37.4 Å². The number of nitrogens with zero attached hydrogens (tertiary/aromatic N) is 1.